The minimum Gasteiger partial charge on any atom is -0.479 e. The highest BCUT2D eigenvalue weighted by molar-refractivity contribution is 5.83. The molecule has 5 heteroatoms. The van der Waals surface area contributed by atoms with Crippen LogP contribution in [0.4, 0.5) is 4.79 Å². The Morgan fingerprint density at radius 3 is 2.47 bits per heavy atom. The van der Waals surface area contributed by atoms with Crippen molar-refractivity contribution in [3.63, 3.8) is 0 Å². The van der Waals surface area contributed by atoms with E-state index in [0.29, 0.717) is 12.1 Å². The van der Waals surface area contributed by atoms with Gasteiger partial charge < -0.3 is 15.3 Å². The van der Waals surface area contributed by atoms with Gasteiger partial charge in [-0.3, -0.25) is 0 Å². The van der Waals surface area contributed by atoms with Crippen LogP contribution < -0.4 is 5.32 Å². The number of carbonyl (C=O) groups is 2. The zero-order valence-corrected chi connectivity index (χ0v) is 11.3. The maximum absolute atomic E-state index is 11.9. The third-order valence-corrected chi connectivity index (χ3v) is 2.84. The molecule has 0 heterocycles. The van der Waals surface area contributed by atoms with Gasteiger partial charge in [-0.25, -0.2) is 9.59 Å². The van der Waals surface area contributed by atoms with E-state index in [-0.39, 0.29) is 6.03 Å². The summed E-state index contributed by atoms with van der Waals surface area (Å²) in [6.07, 6.45) is 1.88. The zero-order chi connectivity index (χ0) is 14.3. The van der Waals surface area contributed by atoms with Gasteiger partial charge in [0.2, 0.25) is 0 Å². The second-order valence-electron chi connectivity index (χ2n) is 4.41. The molecule has 0 bridgehead atoms. The van der Waals surface area contributed by atoms with Crippen molar-refractivity contribution in [3.05, 3.63) is 35.9 Å². The number of benzene rings is 1. The summed E-state index contributed by atoms with van der Waals surface area (Å²) in [5.74, 6) is -1.07. The Balaban J connectivity index is 2.70. The monoisotopic (exact) mass is 264 g/mol. The molecule has 104 valence electrons. The van der Waals surface area contributed by atoms with E-state index >= 15 is 0 Å². The Labute approximate surface area is 113 Å². The molecule has 0 unspecified atom stereocenters. The first-order valence-electron chi connectivity index (χ1n) is 6.35. The molecule has 0 aliphatic rings. The molecule has 2 N–H and O–H groups in total. The van der Waals surface area contributed by atoms with Crippen LogP contribution >= 0.6 is 0 Å². The number of amides is 2. The van der Waals surface area contributed by atoms with E-state index in [1.165, 1.54) is 4.90 Å². The van der Waals surface area contributed by atoms with Crippen LogP contribution in [0.1, 0.15) is 31.4 Å². The zero-order valence-electron chi connectivity index (χ0n) is 11.3. The average molecular weight is 264 g/mol. The summed E-state index contributed by atoms with van der Waals surface area (Å²) >= 11 is 0. The molecule has 0 saturated carbocycles. The molecule has 0 aliphatic carbocycles. The minimum atomic E-state index is -1.07. The molecule has 0 saturated heterocycles. The van der Waals surface area contributed by atoms with Gasteiger partial charge in [0, 0.05) is 13.6 Å². The van der Waals surface area contributed by atoms with Crippen molar-refractivity contribution in [2.45, 2.75) is 25.8 Å². The highest BCUT2D eigenvalue weighted by Gasteiger charge is 2.23. The molecule has 2 amide bonds. The third kappa shape index (κ3) is 4.62. The molecular weight excluding hydrogens is 244 g/mol. The fourth-order valence-corrected chi connectivity index (χ4v) is 1.66. The lowest BCUT2D eigenvalue weighted by Gasteiger charge is -2.21. The molecule has 0 spiro atoms. The Kier molecular flexibility index (Phi) is 5.85. The van der Waals surface area contributed by atoms with Crippen molar-refractivity contribution in [2.24, 2.45) is 0 Å². The van der Waals surface area contributed by atoms with Gasteiger partial charge in [-0.1, -0.05) is 43.7 Å². The van der Waals surface area contributed by atoms with E-state index in [0.717, 1.165) is 12.8 Å². The van der Waals surface area contributed by atoms with E-state index in [4.69, 9.17) is 0 Å². The second kappa shape index (κ2) is 7.41. The van der Waals surface area contributed by atoms with Crippen LogP contribution in [0.25, 0.3) is 0 Å². The Morgan fingerprint density at radius 1 is 1.32 bits per heavy atom. The molecule has 5 nitrogen and oxygen atoms in total. The Morgan fingerprint density at radius 2 is 1.95 bits per heavy atom. The van der Waals surface area contributed by atoms with Gasteiger partial charge >= 0.3 is 12.0 Å². The number of nitrogens with zero attached hydrogens (tertiary/aromatic N) is 1. The Hall–Kier alpha value is -2.04. The van der Waals surface area contributed by atoms with Gasteiger partial charge in [-0.15, -0.1) is 0 Å². The van der Waals surface area contributed by atoms with Gasteiger partial charge in [-0.05, 0) is 12.0 Å². The largest absolute Gasteiger partial charge is 0.479 e. The standard InChI is InChI=1S/C14H20N2O3/c1-3-4-10-16(2)14(19)15-12(13(17)18)11-8-6-5-7-9-11/h5-9,12H,3-4,10H2,1-2H3,(H,15,19)(H,17,18)/t12-/m0/s1. The summed E-state index contributed by atoms with van der Waals surface area (Å²) in [4.78, 5) is 24.6. The van der Waals surface area contributed by atoms with Crippen LogP contribution in [0.3, 0.4) is 0 Å². The van der Waals surface area contributed by atoms with E-state index in [2.05, 4.69) is 5.32 Å². The number of nitrogens with one attached hydrogen (secondary N) is 1. The van der Waals surface area contributed by atoms with E-state index in [9.17, 15) is 14.7 Å². The lowest BCUT2D eigenvalue weighted by atomic mass is 10.1. The molecule has 1 aromatic carbocycles. The van der Waals surface area contributed by atoms with Crippen molar-refractivity contribution in [2.75, 3.05) is 13.6 Å². The number of hydrogen-bond acceptors (Lipinski definition) is 2. The van der Waals surface area contributed by atoms with Crippen molar-refractivity contribution in [1.82, 2.24) is 10.2 Å². The predicted octanol–water partition coefficient (Wildman–Crippen LogP) is 2.25. The minimum absolute atomic E-state index is 0.371. The smallest absolute Gasteiger partial charge is 0.330 e. The molecule has 0 aliphatic heterocycles. The van der Waals surface area contributed by atoms with Gasteiger partial charge in [0.1, 0.15) is 0 Å². The van der Waals surface area contributed by atoms with Gasteiger partial charge in [-0.2, -0.15) is 0 Å². The number of aliphatic carboxylic acids is 1. The number of carboxylic acids is 1. The molecule has 19 heavy (non-hydrogen) atoms. The number of unbranched alkanes of at least 4 members (excludes halogenated alkanes) is 1. The summed E-state index contributed by atoms with van der Waals surface area (Å²) in [6, 6.07) is 7.28. The normalized spacial score (nSPS) is 11.7. The van der Waals surface area contributed by atoms with Gasteiger partial charge in [0.25, 0.3) is 0 Å². The number of hydrogen-bond donors (Lipinski definition) is 2. The lowest BCUT2D eigenvalue weighted by molar-refractivity contribution is -0.139. The van der Waals surface area contributed by atoms with Crippen LogP contribution in [0.15, 0.2) is 30.3 Å². The molecule has 1 rings (SSSR count). The molecule has 1 atom stereocenters. The van der Waals surface area contributed by atoms with Crippen LogP contribution in [0, 0.1) is 0 Å². The first-order valence-corrected chi connectivity index (χ1v) is 6.35. The third-order valence-electron chi connectivity index (χ3n) is 2.84. The quantitative estimate of drug-likeness (QED) is 0.828. The number of urea groups is 1. The predicted molar refractivity (Wildman–Crippen MR) is 72.9 cm³/mol. The van der Waals surface area contributed by atoms with Crippen LogP contribution in [-0.2, 0) is 4.79 Å². The molecule has 0 radical (unpaired) electrons. The van der Waals surface area contributed by atoms with Crippen LogP contribution in [0.5, 0.6) is 0 Å². The van der Waals surface area contributed by atoms with Crippen molar-refractivity contribution >= 4 is 12.0 Å². The summed E-state index contributed by atoms with van der Waals surface area (Å²) in [7, 11) is 1.66. The fraction of sp³-hybridized carbons (Fsp3) is 0.429. The number of carbonyl (C=O) groups excluding carboxylic acids is 1. The summed E-state index contributed by atoms with van der Waals surface area (Å²) in [5, 5.41) is 11.7. The first kappa shape index (κ1) is 15.0. The molecule has 1 aromatic rings. The van der Waals surface area contributed by atoms with Crippen molar-refractivity contribution in [1.29, 1.82) is 0 Å². The van der Waals surface area contributed by atoms with E-state index in [1.807, 2.05) is 6.92 Å². The SMILES string of the molecule is CCCCN(C)C(=O)N[C@H](C(=O)O)c1ccccc1. The fourth-order valence-electron chi connectivity index (χ4n) is 1.66. The van der Waals surface area contributed by atoms with Crippen LogP contribution in [-0.4, -0.2) is 35.6 Å². The molecular formula is C14H20N2O3. The van der Waals surface area contributed by atoms with Gasteiger partial charge in [0.05, 0.1) is 0 Å². The summed E-state index contributed by atoms with van der Waals surface area (Å²) < 4.78 is 0. The second-order valence-corrected chi connectivity index (χ2v) is 4.41. The maximum Gasteiger partial charge on any atom is 0.330 e. The highest BCUT2D eigenvalue weighted by atomic mass is 16.4. The average Bonchev–Trinajstić information content (AvgIpc) is 2.42. The van der Waals surface area contributed by atoms with E-state index in [1.54, 1.807) is 37.4 Å². The van der Waals surface area contributed by atoms with Crippen LogP contribution in [0.2, 0.25) is 0 Å². The molecule has 0 aromatic heterocycles. The summed E-state index contributed by atoms with van der Waals surface area (Å²) in [5.41, 5.74) is 0.562. The van der Waals surface area contributed by atoms with Crippen molar-refractivity contribution < 1.29 is 14.7 Å². The topological polar surface area (TPSA) is 69.6 Å². The number of rotatable bonds is 6. The first-order chi connectivity index (χ1) is 9.06. The maximum atomic E-state index is 11.9. The highest BCUT2D eigenvalue weighted by Crippen LogP contribution is 2.13. The lowest BCUT2D eigenvalue weighted by Crippen LogP contribution is -2.42. The molecule has 0 fully saturated rings. The van der Waals surface area contributed by atoms with E-state index < -0.39 is 12.0 Å². The van der Waals surface area contributed by atoms with Gasteiger partial charge in [0.15, 0.2) is 6.04 Å². The summed E-state index contributed by atoms with van der Waals surface area (Å²) in [6.45, 7) is 2.65. The number of carboxylic acid groups (broad SMARTS) is 1. The Bertz CT molecular complexity index is 420. The van der Waals surface area contributed by atoms with Crippen molar-refractivity contribution in [3.8, 4) is 0 Å².